The third-order valence-electron chi connectivity index (χ3n) is 1.91. The van der Waals surface area contributed by atoms with Gasteiger partial charge in [-0.1, -0.05) is 6.07 Å². The van der Waals surface area contributed by atoms with Crippen molar-refractivity contribution < 1.29 is 23.1 Å². The van der Waals surface area contributed by atoms with Gasteiger partial charge >= 0.3 is 6.09 Å². The average molecular weight is 278 g/mol. The van der Waals surface area contributed by atoms with Gasteiger partial charge in [0.25, 0.3) is 5.24 Å². The van der Waals surface area contributed by atoms with Gasteiger partial charge in [0.2, 0.25) is 6.36 Å². The molecular weight excluding hydrogens is 268 g/mol. The van der Waals surface area contributed by atoms with Crippen LogP contribution >= 0.6 is 11.6 Å². The molecule has 98 valence electrons. The topological polar surface area (TPSA) is 55.4 Å². The van der Waals surface area contributed by atoms with Crippen LogP contribution < -0.4 is 5.32 Å². The number of ether oxygens (including phenoxy) is 1. The fourth-order valence-electron chi connectivity index (χ4n) is 1.13. The van der Waals surface area contributed by atoms with E-state index in [0.29, 0.717) is 0 Å². The number of alkyl halides is 2. The smallest absolute Gasteiger partial charge is 0.414 e. The molecule has 0 fully saturated rings. The normalized spacial score (nSPS) is 11.7. The van der Waals surface area contributed by atoms with Crippen LogP contribution in [-0.2, 0) is 4.74 Å². The van der Waals surface area contributed by atoms with E-state index in [0.717, 1.165) is 0 Å². The van der Waals surface area contributed by atoms with Gasteiger partial charge in [0.05, 0.1) is 6.67 Å². The minimum atomic E-state index is -2.01. The zero-order valence-corrected chi connectivity index (χ0v) is 9.92. The number of hydrogen-bond donors (Lipinski definition) is 1. The first-order valence-corrected chi connectivity index (χ1v) is 5.38. The van der Waals surface area contributed by atoms with Crippen LogP contribution in [0.25, 0.3) is 0 Å². The Balaban J connectivity index is 2.59. The number of amides is 1. The highest BCUT2D eigenvalue weighted by molar-refractivity contribution is 6.67. The van der Waals surface area contributed by atoms with Gasteiger partial charge in [-0.3, -0.25) is 14.5 Å². The van der Waals surface area contributed by atoms with Gasteiger partial charge in [-0.05, 0) is 29.8 Å². The molecular formula is C11H10ClF2NO3. The van der Waals surface area contributed by atoms with Crippen LogP contribution in [0.2, 0.25) is 0 Å². The molecule has 0 aliphatic carbocycles. The zero-order chi connectivity index (χ0) is 13.5. The molecule has 0 radical (unpaired) electrons. The van der Waals surface area contributed by atoms with E-state index in [-0.39, 0.29) is 11.3 Å². The number of halogens is 3. The largest absolute Gasteiger partial charge is 0.415 e. The molecule has 1 N–H and O–H groups in total. The number of hydrogen-bond acceptors (Lipinski definition) is 3. The van der Waals surface area contributed by atoms with E-state index in [1.807, 2.05) is 0 Å². The molecule has 0 bridgehead atoms. The van der Waals surface area contributed by atoms with Crippen molar-refractivity contribution in [1.29, 1.82) is 0 Å². The van der Waals surface area contributed by atoms with Crippen LogP contribution in [0.5, 0.6) is 0 Å². The quantitative estimate of drug-likeness (QED) is 0.841. The lowest BCUT2D eigenvalue weighted by atomic mass is 10.2. The van der Waals surface area contributed by atoms with Crippen molar-refractivity contribution in [2.45, 2.75) is 12.8 Å². The molecule has 4 nitrogen and oxygen atoms in total. The third-order valence-corrected chi connectivity index (χ3v) is 2.13. The summed E-state index contributed by atoms with van der Waals surface area (Å²) >= 11 is 5.25. The molecule has 0 saturated heterocycles. The second-order valence-electron chi connectivity index (χ2n) is 3.27. The van der Waals surface area contributed by atoms with Crippen LogP contribution in [0.3, 0.4) is 0 Å². The number of anilines is 1. The summed E-state index contributed by atoms with van der Waals surface area (Å²) in [5.41, 5.74) is 0.397. The van der Waals surface area contributed by atoms with Gasteiger partial charge < -0.3 is 4.74 Å². The molecule has 0 saturated carbocycles. The second-order valence-corrected chi connectivity index (χ2v) is 3.62. The summed E-state index contributed by atoms with van der Waals surface area (Å²) in [6.07, 6.45) is -3.60. The van der Waals surface area contributed by atoms with E-state index in [1.54, 1.807) is 0 Å². The first kappa shape index (κ1) is 14.4. The Labute approximate surface area is 107 Å². The Bertz CT molecular complexity index is 442. The Morgan fingerprint density at radius 2 is 2.17 bits per heavy atom. The van der Waals surface area contributed by atoms with Gasteiger partial charge in [0.15, 0.2) is 0 Å². The molecule has 0 heterocycles. The molecule has 7 heteroatoms. The maximum atomic E-state index is 12.8. The lowest BCUT2D eigenvalue weighted by molar-refractivity contribution is 0.0122. The van der Waals surface area contributed by atoms with Crippen molar-refractivity contribution >= 4 is 28.6 Å². The minimum absolute atomic E-state index is 0.176. The Hall–Kier alpha value is -1.69. The van der Waals surface area contributed by atoms with Crippen molar-refractivity contribution in [2.24, 2.45) is 0 Å². The Morgan fingerprint density at radius 3 is 2.78 bits per heavy atom. The number of nitrogens with one attached hydrogen (secondary N) is 1. The first-order chi connectivity index (χ1) is 8.52. The number of carbonyl (C=O) groups excluding carboxylic acids is 2. The standard InChI is InChI=1S/C11H10ClF2NO3/c12-10(16)7-2-1-3-8(6-7)15-11(17)18-9(14)4-5-13/h1-3,6,9H,4-5H2,(H,15,17). The van der Waals surface area contributed by atoms with Crippen LogP contribution in [0, 0.1) is 0 Å². The minimum Gasteiger partial charge on any atom is -0.415 e. The predicted octanol–water partition coefficient (Wildman–Crippen LogP) is 3.27. The molecule has 0 aliphatic heterocycles. The monoisotopic (exact) mass is 277 g/mol. The summed E-state index contributed by atoms with van der Waals surface area (Å²) in [5, 5.41) is 1.50. The van der Waals surface area contributed by atoms with E-state index in [2.05, 4.69) is 10.1 Å². The van der Waals surface area contributed by atoms with Crippen LogP contribution in [0.4, 0.5) is 19.3 Å². The van der Waals surface area contributed by atoms with E-state index < -0.39 is 30.8 Å². The molecule has 1 unspecified atom stereocenters. The summed E-state index contributed by atoms with van der Waals surface area (Å²) in [6.45, 7) is -0.926. The van der Waals surface area contributed by atoms with Gasteiger partial charge in [-0.15, -0.1) is 0 Å². The highest BCUT2D eigenvalue weighted by atomic mass is 35.5. The molecule has 0 aliphatic rings. The van der Waals surface area contributed by atoms with Crippen molar-refractivity contribution in [2.75, 3.05) is 12.0 Å². The van der Waals surface area contributed by atoms with Crippen molar-refractivity contribution in [3.05, 3.63) is 29.8 Å². The molecule has 0 spiro atoms. The number of rotatable bonds is 5. The molecule has 1 aromatic rings. The molecule has 1 rings (SSSR count). The maximum absolute atomic E-state index is 12.8. The lowest BCUT2D eigenvalue weighted by Crippen LogP contribution is -2.19. The third kappa shape index (κ3) is 4.67. The summed E-state index contributed by atoms with van der Waals surface area (Å²) in [4.78, 5) is 22.0. The SMILES string of the molecule is O=C(Nc1cccc(C(=O)Cl)c1)OC(F)CCF. The highest BCUT2D eigenvalue weighted by Gasteiger charge is 2.13. The molecule has 1 amide bonds. The van der Waals surface area contributed by atoms with E-state index in [4.69, 9.17) is 11.6 Å². The number of carbonyl (C=O) groups is 2. The van der Waals surface area contributed by atoms with Gasteiger partial charge in [0, 0.05) is 17.7 Å². The van der Waals surface area contributed by atoms with Gasteiger partial charge in [-0.25, -0.2) is 9.18 Å². The van der Waals surface area contributed by atoms with Gasteiger partial charge in [-0.2, -0.15) is 0 Å². The van der Waals surface area contributed by atoms with E-state index >= 15 is 0 Å². The van der Waals surface area contributed by atoms with E-state index in [9.17, 15) is 18.4 Å². The lowest BCUT2D eigenvalue weighted by Gasteiger charge is -2.09. The predicted molar refractivity (Wildman–Crippen MR) is 62.2 cm³/mol. The van der Waals surface area contributed by atoms with Crippen LogP contribution in [0.15, 0.2) is 24.3 Å². The zero-order valence-electron chi connectivity index (χ0n) is 9.16. The average Bonchev–Trinajstić information content (AvgIpc) is 2.29. The van der Waals surface area contributed by atoms with Gasteiger partial charge in [0.1, 0.15) is 0 Å². The Kier molecular flexibility index (Phi) is 5.51. The molecule has 0 aromatic heterocycles. The van der Waals surface area contributed by atoms with Crippen molar-refractivity contribution in [3.63, 3.8) is 0 Å². The second kappa shape index (κ2) is 6.90. The maximum Gasteiger partial charge on any atom is 0.414 e. The molecule has 18 heavy (non-hydrogen) atoms. The fraction of sp³-hybridized carbons (Fsp3) is 0.273. The van der Waals surface area contributed by atoms with Crippen LogP contribution in [0.1, 0.15) is 16.8 Å². The van der Waals surface area contributed by atoms with E-state index in [1.165, 1.54) is 24.3 Å². The molecule has 1 atom stereocenters. The number of benzene rings is 1. The first-order valence-electron chi connectivity index (χ1n) is 5.00. The summed E-state index contributed by atoms with van der Waals surface area (Å²) in [5.74, 6) is 0. The van der Waals surface area contributed by atoms with Crippen molar-refractivity contribution in [1.82, 2.24) is 0 Å². The Morgan fingerprint density at radius 1 is 1.44 bits per heavy atom. The summed E-state index contributed by atoms with van der Waals surface area (Å²) in [7, 11) is 0. The highest BCUT2D eigenvalue weighted by Crippen LogP contribution is 2.13. The summed E-state index contributed by atoms with van der Waals surface area (Å²) in [6, 6.07) is 5.71. The van der Waals surface area contributed by atoms with Crippen molar-refractivity contribution in [3.8, 4) is 0 Å². The van der Waals surface area contributed by atoms with Crippen LogP contribution in [-0.4, -0.2) is 24.4 Å². The fourth-order valence-corrected chi connectivity index (χ4v) is 1.24. The molecule has 1 aromatic carbocycles. The summed E-state index contributed by atoms with van der Waals surface area (Å²) < 4.78 is 28.7.